The van der Waals surface area contributed by atoms with Gasteiger partial charge in [-0.25, -0.2) is 0 Å². The predicted molar refractivity (Wildman–Crippen MR) is 77.5 cm³/mol. The Balaban J connectivity index is 2.06. The molecule has 0 bridgehead atoms. The van der Waals surface area contributed by atoms with Gasteiger partial charge in [0.25, 0.3) is 0 Å². The molecule has 0 radical (unpaired) electrons. The number of ether oxygens (including phenoxy) is 1. The molecule has 0 aliphatic heterocycles. The van der Waals surface area contributed by atoms with E-state index in [1.807, 2.05) is 0 Å². The van der Waals surface area contributed by atoms with Gasteiger partial charge in [-0.15, -0.1) is 0 Å². The van der Waals surface area contributed by atoms with E-state index in [1.54, 1.807) is 11.8 Å². The average molecular weight is 298 g/mol. The van der Waals surface area contributed by atoms with Gasteiger partial charge in [0.1, 0.15) is 5.92 Å². The number of nitrogens with zero attached hydrogens (tertiary/aromatic N) is 2. The van der Waals surface area contributed by atoms with Crippen molar-refractivity contribution in [3.8, 4) is 0 Å². The molecule has 1 aromatic heterocycles. The van der Waals surface area contributed by atoms with E-state index in [2.05, 4.69) is 17.1 Å². The van der Waals surface area contributed by atoms with Crippen LogP contribution >= 0.6 is 11.8 Å². The Morgan fingerprint density at radius 1 is 1.50 bits per heavy atom. The lowest BCUT2D eigenvalue weighted by Crippen LogP contribution is -2.21. The van der Waals surface area contributed by atoms with Gasteiger partial charge in [0, 0.05) is 0 Å². The van der Waals surface area contributed by atoms with Crippen LogP contribution in [0.1, 0.15) is 56.7 Å². The SMILES string of the molecule is CCCSCc1noc(C(C(=O)OC)C2CCCC2)n1. The lowest BCUT2D eigenvalue weighted by molar-refractivity contribution is -0.144. The van der Waals surface area contributed by atoms with Crippen LogP contribution in [0.5, 0.6) is 0 Å². The van der Waals surface area contributed by atoms with Crippen molar-refractivity contribution in [2.24, 2.45) is 5.92 Å². The van der Waals surface area contributed by atoms with Gasteiger partial charge in [-0.2, -0.15) is 16.7 Å². The van der Waals surface area contributed by atoms with Crippen LogP contribution in [-0.2, 0) is 15.3 Å². The molecular weight excluding hydrogens is 276 g/mol. The largest absolute Gasteiger partial charge is 0.468 e. The van der Waals surface area contributed by atoms with Gasteiger partial charge in [-0.1, -0.05) is 24.9 Å². The van der Waals surface area contributed by atoms with Gasteiger partial charge in [0.15, 0.2) is 5.82 Å². The molecule has 0 saturated heterocycles. The van der Waals surface area contributed by atoms with Crippen molar-refractivity contribution >= 4 is 17.7 Å². The molecule has 1 aliphatic carbocycles. The summed E-state index contributed by atoms with van der Waals surface area (Å²) in [4.78, 5) is 16.4. The van der Waals surface area contributed by atoms with E-state index < -0.39 is 0 Å². The quantitative estimate of drug-likeness (QED) is 0.569. The van der Waals surface area contributed by atoms with Crippen LogP contribution in [0.15, 0.2) is 4.52 Å². The fraction of sp³-hybridized carbons (Fsp3) is 0.786. The summed E-state index contributed by atoms with van der Waals surface area (Å²) in [6, 6.07) is 0. The van der Waals surface area contributed by atoms with Gasteiger partial charge < -0.3 is 9.26 Å². The van der Waals surface area contributed by atoms with E-state index in [0.717, 1.165) is 43.6 Å². The van der Waals surface area contributed by atoms with Crippen molar-refractivity contribution in [2.45, 2.75) is 50.7 Å². The highest BCUT2D eigenvalue weighted by Crippen LogP contribution is 2.37. The smallest absolute Gasteiger partial charge is 0.318 e. The highest BCUT2D eigenvalue weighted by molar-refractivity contribution is 7.98. The van der Waals surface area contributed by atoms with Crippen LogP contribution in [0, 0.1) is 5.92 Å². The number of carbonyl (C=O) groups excluding carboxylic acids is 1. The van der Waals surface area contributed by atoms with Crippen LogP contribution in [0.25, 0.3) is 0 Å². The molecule has 1 saturated carbocycles. The van der Waals surface area contributed by atoms with E-state index in [0.29, 0.717) is 11.7 Å². The number of rotatable bonds is 7. The average Bonchev–Trinajstić information content (AvgIpc) is 3.12. The lowest BCUT2D eigenvalue weighted by Gasteiger charge is -2.16. The summed E-state index contributed by atoms with van der Waals surface area (Å²) >= 11 is 1.78. The minimum absolute atomic E-state index is 0.256. The number of aromatic nitrogens is 2. The number of thioether (sulfide) groups is 1. The van der Waals surface area contributed by atoms with E-state index in [-0.39, 0.29) is 17.8 Å². The summed E-state index contributed by atoms with van der Waals surface area (Å²) in [5.41, 5.74) is 0. The molecule has 112 valence electrons. The van der Waals surface area contributed by atoms with Crippen molar-refractivity contribution in [1.82, 2.24) is 10.1 Å². The van der Waals surface area contributed by atoms with Crippen LogP contribution < -0.4 is 0 Å². The molecule has 20 heavy (non-hydrogen) atoms. The fourth-order valence-electron chi connectivity index (χ4n) is 2.67. The lowest BCUT2D eigenvalue weighted by atomic mass is 9.91. The fourth-order valence-corrected chi connectivity index (χ4v) is 3.41. The van der Waals surface area contributed by atoms with Gasteiger partial charge in [0.05, 0.1) is 12.9 Å². The van der Waals surface area contributed by atoms with Gasteiger partial charge in [-0.05, 0) is 30.9 Å². The molecule has 1 aromatic rings. The Hall–Kier alpha value is -1.04. The second kappa shape index (κ2) is 7.67. The van der Waals surface area contributed by atoms with Gasteiger partial charge in [0.2, 0.25) is 5.89 Å². The highest BCUT2D eigenvalue weighted by Gasteiger charge is 2.37. The zero-order valence-corrected chi connectivity index (χ0v) is 12.9. The molecule has 1 aliphatic rings. The maximum Gasteiger partial charge on any atom is 0.318 e. The van der Waals surface area contributed by atoms with E-state index >= 15 is 0 Å². The van der Waals surface area contributed by atoms with Crippen LogP contribution in [0.4, 0.5) is 0 Å². The molecule has 5 nitrogen and oxygen atoms in total. The Morgan fingerprint density at radius 3 is 2.90 bits per heavy atom. The summed E-state index contributed by atoms with van der Waals surface area (Å²) in [5.74, 6) is 2.54. The van der Waals surface area contributed by atoms with E-state index in [1.165, 1.54) is 7.11 Å². The molecule has 1 atom stereocenters. The van der Waals surface area contributed by atoms with E-state index in [9.17, 15) is 4.79 Å². The van der Waals surface area contributed by atoms with Crippen molar-refractivity contribution < 1.29 is 14.1 Å². The molecule has 1 unspecified atom stereocenters. The number of hydrogen-bond acceptors (Lipinski definition) is 6. The van der Waals surface area contributed by atoms with Gasteiger partial charge >= 0.3 is 5.97 Å². The van der Waals surface area contributed by atoms with Crippen molar-refractivity contribution in [1.29, 1.82) is 0 Å². The number of esters is 1. The predicted octanol–water partition coefficient (Wildman–Crippen LogP) is 3.16. The summed E-state index contributed by atoms with van der Waals surface area (Å²) in [5, 5.41) is 3.98. The second-order valence-electron chi connectivity index (χ2n) is 5.15. The number of methoxy groups -OCH3 is 1. The monoisotopic (exact) mass is 298 g/mol. The maximum atomic E-state index is 12.0. The second-order valence-corrected chi connectivity index (χ2v) is 6.25. The standard InChI is InChI=1S/C14H22N2O3S/c1-3-8-20-9-11-15-13(19-16-11)12(14(17)18-2)10-6-4-5-7-10/h10,12H,3-9H2,1-2H3. The van der Waals surface area contributed by atoms with Crippen LogP contribution in [0.2, 0.25) is 0 Å². The van der Waals surface area contributed by atoms with Crippen molar-refractivity contribution in [3.05, 3.63) is 11.7 Å². The zero-order chi connectivity index (χ0) is 14.4. The number of carbonyl (C=O) groups is 1. The molecule has 6 heteroatoms. The van der Waals surface area contributed by atoms with Crippen molar-refractivity contribution in [3.63, 3.8) is 0 Å². The Morgan fingerprint density at radius 2 is 2.25 bits per heavy atom. The highest BCUT2D eigenvalue weighted by atomic mass is 32.2. The topological polar surface area (TPSA) is 65.2 Å². The number of hydrogen-bond donors (Lipinski definition) is 0. The zero-order valence-electron chi connectivity index (χ0n) is 12.1. The third-order valence-electron chi connectivity index (χ3n) is 3.66. The molecule has 2 rings (SSSR count). The first-order chi connectivity index (χ1) is 9.76. The molecule has 0 amide bonds. The maximum absolute atomic E-state index is 12.0. The molecular formula is C14H22N2O3S. The third kappa shape index (κ3) is 3.75. The summed E-state index contributed by atoms with van der Waals surface area (Å²) in [6.45, 7) is 2.14. The first-order valence-electron chi connectivity index (χ1n) is 7.24. The minimum atomic E-state index is -0.389. The molecule has 0 spiro atoms. The van der Waals surface area contributed by atoms with Crippen LogP contribution in [0.3, 0.4) is 0 Å². The Labute approximate surface area is 123 Å². The summed E-state index contributed by atoms with van der Waals surface area (Å²) in [7, 11) is 1.42. The first-order valence-corrected chi connectivity index (χ1v) is 8.39. The Kier molecular flexibility index (Phi) is 5.88. The molecule has 1 heterocycles. The third-order valence-corrected chi connectivity index (χ3v) is 4.82. The molecule has 0 aromatic carbocycles. The molecule has 0 N–H and O–H groups in total. The molecule has 1 fully saturated rings. The normalized spacial score (nSPS) is 17.3. The summed E-state index contributed by atoms with van der Waals surface area (Å²) < 4.78 is 10.2. The summed E-state index contributed by atoms with van der Waals surface area (Å²) in [6.07, 6.45) is 5.50. The van der Waals surface area contributed by atoms with E-state index in [4.69, 9.17) is 9.26 Å². The Bertz CT molecular complexity index is 430. The van der Waals surface area contributed by atoms with Crippen molar-refractivity contribution in [2.75, 3.05) is 12.9 Å². The minimum Gasteiger partial charge on any atom is -0.468 e. The van der Waals surface area contributed by atoms with Gasteiger partial charge in [-0.3, -0.25) is 4.79 Å². The van der Waals surface area contributed by atoms with Crippen LogP contribution in [-0.4, -0.2) is 29.0 Å². The first kappa shape index (κ1) is 15.4.